The van der Waals surface area contributed by atoms with E-state index in [1.165, 1.54) is 18.4 Å². The van der Waals surface area contributed by atoms with E-state index in [1.807, 2.05) is 22.6 Å². The van der Waals surface area contributed by atoms with E-state index in [0.29, 0.717) is 11.7 Å². The van der Waals surface area contributed by atoms with Crippen LogP contribution >= 0.6 is 0 Å². The Labute approximate surface area is 149 Å². The predicted molar refractivity (Wildman–Crippen MR) is 96.0 cm³/mol. The van der Waals surface area contributed by atoms with Gasteiger partial charge in [0.15, 0.2) is 0 Å². The molecule has 0 unspecified atom stereocenters. The quantitative estimate of drug-likeness (QED) is 0.837. The van der Waals surface area contributed by atoms with Crippen molar-refractivity contribution in [2.75, 3.05) is 0 Å². The summed E-state index contributed by atoms with van der Waals surface area (Å²) in [6.07, 6.45) is 9.59. The van der Waals surface area contributed by atoms with Gasteiger partial charge in [-0.2, -0.15) is 5.10 Å². The number of nitrogens with zero attached hydrogens (tertiary/aromatic N) is 5. The molecule has 2 atom stereocenters. The first-order valence-corrected chi connectivity index (χ1v) is 9.28. The van der Waals surface area contributed by atoms with Crippen molar-refractivity contribution in [2.45, 2.75) is 77.1 Å². The fourth-order valence-corrected chi connectivity index (χ4v) is 3.66. The Morgan fingerprint density at radius 1 is 1.28 bits per heavy atom. The molecule has 0 amide bonds. The van der Waals surface area contributed by atoms with Gasteiger partial charge in [-0.1, -0.05) is 25.0 Å². The largest absolute Gasteiger partial charge is 0.384 e. The van der Waals surface area contributed by atoms with Gasteiger partial charge in [-0.15, -0.1) is 5.10 Å². The van der Waals surface area contributed by atoms with Crippen molar-refractivity contribution in [1.82, 2.24) is 30.1 Å². The number of nitrogens with one attached hydrogen (secondary N) is 1. The molecule has 3 rings (SSSR count). The van der Waals surface area contributed by atoms with Crippen molar-refractivity contribution in [3.8, 4) is 0 Å². The second-order valence-electron chi connectivity index (χ2n) is 7.61. The first kappa shape index (κ1) is 18.1. The lowest BCUT2D eigenvalue weighted by molar-refractivity contribution is 0.0736. The summed E-state index contributed by atoms with van der Waals surface area (Å²) in [5, 5.41) is 26.8. The van der Waals surface area contributed by atoms with Gasteiger partial charge in [0, 0.05) is 31.4 Å². The molecule has 0 radical (unpaired) electrons. The number of hydrogen-bond acceptors (Lipinski definition) is 5. The van der Waals surface area contributed by atoms with Crippen LogP contribution in [0.3, 0.4) is 0 Å². The first-order valence-electron chi connectivity index (χ1n) is 9.28. The maximum Gasteiger partial charge on any atom is 0.114 e. The van der Waals surface area contributed by atoms with Crippen LogP contribution in [-0.4, -0.2) is 35.9 Å². The molecule has 2 aromatic rings. The topological polar surface area (TPSA) is 80.8 Å². The molecule has 2 heterocycles. The average Bonchev–Trinajstić information content (AvgIpc) is 3.19. The van der Waals surface area contributed by atoms with Gasteiger partial charge < -0.3 is 10.4 Å². The van der Waals surface area contributed by atoms with Crippen LogP contribution in [0.15, 0.2) is 12.4 Å². The van der Waals surface area contributed by atoms with Gasteiger partial charge in [0.05, 0.1) is 17.9 Å². The van der Waals surface area contributed by atoms with Crippen molar-refractivity contribution in [1.29, 1.82) is 0 Å². The van der Waals surface area contributed by atoms with Gasteiger partial charge in [0.2, 0.25) is 0 Å². The van der Waals surface area contributed by atoms with Gasteiger partial charge in [-0.25, -0.2) is 4.68 Å². The third-order valence-corrected chi connectivity index (χ3v) is 5.09. The fourth-order valence-electron chi connectivity index (χ4n) is 3.66. The highest BCUT2D eigenvalue weighted by atomic mass is 16.3. The third-order valence-electron chi connectivity index (χ3n) is 5.09. The summed E-state index contributed by atoms with van der Waals surface area (Å²) >= 11 is 0. The Hall–Kier alpha value is -1.73. The zero-order valence-electron chi connectivity index (χ0n) is 15.7. The van der Waals surface area contributed by atoms with E-state index in [1.54, 1.807) is 13.8 Å². The summed E-state index contributed by atoms with van der Waals surface area (Å²) < 4.78 is 3.83. The highest BCUT2D eigenvalue weighted by molar-refractivity contribution is 5.17. The molecule has 0 bridgehead atoms. The normalized spacial score (nSPS) is 21.6. The lowest BCUT2D eigenvalue weighted by Crippen LogP contribution is -2.39. The number of hydrogen-bond donors (Lipinski definition) is 2. The van der Waals surface area contributed by atoms with Crippen LogP contribution in [0.2, 0.25) is 0 Å². The van der Waals surface area contributed by atoms with Crippen molar-refractivity contribution in [3.05, 3.63) is 29.3 Å². The third kappa shape index (κ3) is 4.10. The van der Waals surface area contributed by atoms with Crippen LogP contribution < -0.4 is 5.32 Å². The molecule has 1 aliphatic carbocycles. The molecule has 138 valence electrons. The maximum atomic E-state index is 10.1. The lowest BCUT2D eigenvalue weighted by atomic mass is 9.90. The fraction of sp³-hybridized carbons (Fsp3) is 0.722. The SMILES string of the molecule is CCc1nn(C)cc1CN[C@H]1CCCC[C@H]1n1cc(C(C)(C)O)nn1. The van der Waals surface area contributed by atoms with Crippen LogP contribution in [0.5, 0.6) is 0 Å². The Morgan fingerprint density at radius 3 is 2.72 bits per heavy atom. The van der Waals surface area contributed by atoms with Crippen LogP contribution in [0.4, 0.5) is 0 Å². The number of aromatic nitrogens is 5. The van der Waals surface area contributed by atoms with E-state index >= 15 is 0 Å². The standard InChI is InChI=1S/C18H30N6O/c1-5-14-13(11-23(4)21-14)10-19-15-8-6-7-9-16(15)24-12-17(20-22-24)18(2,3)25/h11-12,15-16,19,25H,5-10H2,1-4H3/t15-,16+/m0/s1. The molecule has 25 heavy (non-hydrogen) atoms. The average molecular weight is 346 g/mol. The van der Waals surface area contributed by atoms with E-state index in [2.05, 4.69) is 33.8 Å². The number of aryl methyl sites for hydroxylation is 2. The molecule has 2 N–H and O–H groups in total. The molecule has 2 aromatic heterocycles. The molecule has 0 saturated heterocycles. The Kier molecular flexibility index (Phi) is 5.24. The number of aliphatic hydroxyl groups is 1. The van der Waals surface area contributed by atoms with Gasteiger partial charge >= 0.3 is 0 Å². The van der Waals surface area contributed by atoms with Crippen LogP contribution in [-0.2, 0) is 25.6 Å². The second kappa shape index (κ2) is 7.25. The van der Waals surface area contributed by atoms with Crippen molar-refractivity contribution in [3.63, 3.8) is 0 Å². The molecule has 1 fully saturated rings. The minimum Gasteiger partial charge on any atom is -0.384 e. The van der Waals surface area contributed by atoms with Crippen LogP contribution in [0, 0.1) is 0 Å². The highest BCUT2D eigenvalue weighted by Gasteiger charge is 2.29. The number of rotatable bonds is 6. The van der Waals surface area contributed by atoms with E-state index in [9.17, 15) is 5.11 Å². The summed E-state index contributed by atoms with van der Waals surface area (Å²) in [7, 11) is 1.97. The summed E-state index contributed by atoms with van der Waals surface area (Å²) in [4.78, 5) is 0. The van der Waals surface area contributed by atoms with Gasteiger partial charge in [0.1, 0.15) is 11.3 Å². The Morgan fingerprint density at radius 2 is 2.04 bits per heavy atom. The monoisotopic (exact) mass is 346 g/mol. The Balaban J connectivity index is 1.71. The summed E-state index contributed by atoms with van der Waals surface area (Å²) in [6, 6.07) is 0.633. The van der Waals surface area contributed by atoms with E-state index in [0.717, 1.165) is 31.5 Å². The molecule has 7 nitrogen and oxygen atoms in total. The minimum atomic E-state index is -0.957. The summed E-state index contributed by atoms with van der Waals surface area (Å²) in [6.45, 7) is 6.45. The smallest absolute Gasteiger partial charge is 0.114 e. The minimum absolute atomic E-state index is 0.277. The Bertz CT molecular complexity index is 699. The first-order chi connectivity index (χ1) is 11.9. The van der Waals surface area contributed by atoms with Crippen LogP contribution in [0.1, 0.15) is 69.4 Å². The van der Waals surface area contributed by atoms with Crippen LogP contribution in [0.25, 0.3) is 0 Å². The van der Waals surface area contributed by atoms with Crippen molar-refractivity contribution in [2.24, 2.45) is 7.05 Å². The molecule has 1 aliphatic rings. The molecule has 0 aliphatic heterocycles. The molecular weight excluding hydrogens is 316 g/mol. The lowest BCUT2D eigenvalue weighted by Gasteiger charge is -2.32. The molecule has 7 heteroatoms. The van der Waals surface area contributed by atoms with Crippen molar-refractivity contribution >= 4 is 0 Å². The van der Waals surface area contributed by atoms with Gasteiger partial charge in [-0.05, 0) is 33.1 Å². The maximum absolute atomic E-state index is 10.1. The van der Waals surface area contributed by atoms with E-state index in [-0.39, 0.29) is 6.04 Å². The van der Waals surface area contributed by atoms with Gasteiger partial charge in [0.25, 0.3) is 0 Å². The van der Waals surface area contributed by atoms with Gasteiger partial charge in [-0.3, -0.25) is 4.68 Å². The van der Waals surface area contributed by atoms with E-state index in [4.69, 9.17) is 0 Å². The molecule has 0 spiro atoms. The zero-order valence-corrected chi connectivity index (χ0v) is 15.7. The van der Waals surface area contributed by atoms with Crippen molar-refractivity contribution < 1.29 is 5.11 Å². The predicted octanol–water partition coefficient (Wildman–Crippen LogP) is 2.07. The molecular formula is C18H30N6O. The van der Waals surface area contributed by atoms with E-state index < -0.39 is 5.60 Å². The summed E-state index contributed by atoms with van der Waals surface area (Å²) in [5.41, 5.74) is 2.09. The summed E-state index contributed by atoms with van der Waals surface area (Å²) in [5.74, 6) is 0. The second-order valence-corrected chi connectivity index (χ2v) is 7.61. The molecule has 1 saturated carbocycles. The molecule has 0 aromatic carbocycles. The zero-order chi connectivity index (χ0) is 18.0. The highest BCUT2D eigenvalue weighted by Crippen LogP contribution is 2.29.